The molecule has 158 valence electrons. The molecule has 1 unspecified atom stereocenters. The minimum absolute atomic E-state index is 0.0171. The predicted molar refractivity (Wildman–Crippen MR) is 93.5 cm³/mol. The lowest BCUT2D eigenvalue weighted by Crippen LogP contribution is -2.42. The van der Waals surface area contributed by atoms with Crippen LogP contribution in [0.1, 0.15) is 39.3 Å². The van der Waals surface area contributed by atoms with Crippen molar-refractivity contribution < 1.29 is 41.7 Å². The fourth-order valence-corrected chi connectivity index (χ4v) is 2.26. The van der Waals surface area contributed by atoms with Gasteiger partial charge in [-0.15, -0.1) is 0 Å². The van der Waals surface area contributed by atoms with E-state index in [-0.39, 0.29) is 35.0 Å². The van der Waals surface area contributed by atoms with Crippen molar-refractivity contribution in [3.8, 4) is 17.2 Å². The first kappa shape index (κ1) is 23.4. The monoisotopic (exact) mass is 407 g/mol. The van der Waals surface area contributed by atoms with Crippen molar-refractivity contribution >= 4 is 11.9 Å². The van der Waals surface area contributed by atoms with Crippen LogP contribution in [0.3, 0.4) is 0 Å². The van der Waals surface area contributed by atoms with E-state index in [0.29, 0.717) is 0 Å². The molecule has 1 amide bonds. The Hall–Kier alpha value is -2.65. The number of hydrogen-bond acceptors (Lipinski definition) is 6. The molecule has 1 aromatic carbocycles. The summed E-state index contributed by atoms with van der Waals surface area (Å²) in [7, 11) is 2.37. The number of rotatable bonds is 8. The smallest absolute Gasteiger partial charge is 0.471 e. The second-order valence-electron chi connectivity index (χ2n) is 6.31. The van der Waals surface area contributed by atoms with Gasteiger partial charge in [-0.1, -0.05) is 0 Å². The van der Waals surface area contributed by atoms with Crippen molar-refractivity contribution in [3.05, 3.63) is 17.7 Å². The molecule has 0 aliphatic heterocycles. The fraction of sp³-hybridized carbons (Fsp3) is 0.556. The van der Waals surface area contributed by atoms with Gasteiger partial charge in [0.05, 0.1) is 26.4 Å². The highest BCUT2D eigenvalue weighted by molar-refractivity contribution is 5.88. The Kier molecular flexibility index (Phi) is 7.95. The van der Waals surface area contributed by atoms with E-state index in [9.17, 15) is 22.8 Å². The maximum atomic E-state index is 12.7. The SMILES string of the molecule is COC(=O)C(NC(=O)C(F)(F)F)c1cc(OC(C)C)c(OC)c(OC(C)C)c1. The van der Waals surface area contributed by atoms with Gasteiger partial charge < -0.3 is 24.3 Å². The number of ether oxygens (including phenoxy) is 4. The van der Waals surface area contributed by atoms with Gasteiger partial charge in [-0.2, -0.15) is 13.2 Å². The number of methoxy groups -OCH3 is 2. The van der Waals surface area contributed by atoms with Crippen LogP contribution >= 0.6 is 0 Å². The summed E-state index contributed by atoms with van der Waals surface area (Å²) in [6, 6.07) is 0.864. The van der Waals surface area contributed by atoms with Gasteiger partial charge in [-0.3, -0.25) is 4.79 Å². The summed E-state index contributed by atoms with van der Waals surface area (Å²) < 4.78 is 59.2. The third kappa shape index (κ3) is 6.21. The summed E-state index contributed by atoms with van der Waals surface area (Å²) in [5.74, 6) is -2.89. The molecule has 0 aliphatic rings. The van der Waals surface area contributed by atoms with Gasteiger partial charge in [-0.25, -0.2) is 4.79 Å². The highest BCUT2D eigenvalue weighted by Crippen LogP contribution is 2.41. The second kappa shape index (κ2) is 9.52. The lowest BCUT2D eigenvalue weighted by molar-refractivity contribution is -0.175. The second-order valence-corrected chi connectivity index (χ2v) is 6.31. The van der Waals surface area contributed by atoms with E-state index in [1.165, 1.54) is 19.2 Å². The molecule has 0 radical (unpaired) electrons. The molecule has 1 aromatic rings. The molecular formula is C18H24F3NO6. The standard InChI is InChI=1S/C18H24F3NO6/c1-9(2)27-12-7-11(8-13(15(12)25-5)28-10(3)4)14(16(23)26-6)22-17(24)18(19,20)21/h7-10,14H,1-6H3,(H,22,24). The maximum Gasteiger partial charge on any atom is 0.471 e. The number of hydrogen-bond donors (Lipinski definition) is 1. The third-order valence-corrected chi connectivity index (χ3v) is 3.28. The van der Waals surface area contributed by atoms with Crippen LogP contribution in [0.2, 0.25) is 0 Å². The molecule has 0 saturated heterocycles. The van der Waals surface area contributed by atoms with Gasteiger partial charge in [0.2, 0.25) is 5.75 Å². The van der Waals surface area contributed by atoms with Crippen LogP contribution in [0.15, 0.2) is 12.1 Å². The molecule has 7 nitrogen and oxygen atoms in total. The molecule has 0 heterocycles. The van der Waals surface area contributed by atoms with Gasteiger partial charge in [0, 0.05) is 0 Å². The van der Waals surface area contributed by atoms with Gasteiger partial charge in [-0.05, 0) is 45.4 Å². The van der Waals surface area contributed by atoms with E-state index >= 15 is 0 Å². The average molecular weight is 407 g/mol. The van der Waals surface area contributed by atoms with Crippen molar-refractivity contribution in [1.82, 2.24) is 5.32 Å². The van der Waals surface area contributed by atoms with Crippen LogP contribution < -0.4 is 19.5 Å². The number of benzene rings is 1. The number of nitrogens with one attached hydrogen (secondary N) is 1. The Balaban J connectivity index is 3.53. The van der Waals surface area contributed by atoms with Gasteiger partial charge >= 0.3 is 18.1 Å². The quantitative estimate of drug-likeness (QED) is 0.667. The first-order valence-electron chi connectivity index (χ1n) is 8.41. The zero-order chi connectivity index (χ0) is 21.6. The largest absolute Gasteiger partial charge is 0.490 e. The lowest BCUT2D eigenvalue weighted by Gasteiger charge is -2.23. The zero-order valence-corrected chi connectivity index (χ0v) is 16.5. The van der Waals surface area contributed by atoms with Crippen LogP contribution in [0, 0.1) is 0 Å². The van der Waals surface area contributed by atoms with Crippen molar-refractivity contribution in [2.24, 2.45) is 0 Å². The summed E-state index contributed by atoms with van der Waals surface area (Å²) in [6.45, 7) is 6.94. The van der Waals surface area contributed by atoms with Crippen LogP contribution in [-0.4, -0.2) is 44.5 Å². The lowest BCUT2D eigenvalue weighted by atomic mass is 10.0. The zero-order valence-electron chi connectivity index (χ0n) is 16.5. The number of alkyl halides is 3. The van der Waals surface area contributed by atoms with Crippen LogP contribution in [-0.2, 0) is 14.3 Å². The van der Waals surface area contributed by atoms with E-state index in [2.05, 4.69) is 4.74 Å². The van der Waals surface area contributed by atoms with Crippen molar-refractivity contribution in [3.63, 3.8) is 0 Å². The highest BCUT2D eigenvalue weighted by atomic mass is 19.4. The third-order valence-electron chi connectivity index (χ3n) is 3.28. The van der Waals surface area contributed by atoms with Crippen molar-refractivity contribution in [2.45, 2.75) is 52.1 Å². The summed E-state index contributed by atoms with van der Waals surface area (Å²) >= 11 is 0. The molecule has 0 aliphatic carbocycles. The van der Waals surface area contributed by atoms with E-state index in [1.54, 1.807) is 33.0 Å². The summed E-state index contributed by atoms with van der Waals surface area (Å²) in [5.41, 5.74) is -0.0171. The Morgan fingerprint density at radius 3 is 1.75 bits per heavy atom. The minimum Gasteiger partial charge on any atom is -0.490 e. The molecule has 0 bridgehead atoms. The Morgan fingerprint density at radius 1 is 0.964 bits per heavy atom. The van der Waals surface area contributed by atoms with Crippen LogP contribution in [0.4, 0.5) is 13.2 Å². The van der Waals surface area contributed by atoms with E-state index in [0.717, 1.165) is 7.11 Å². The maximum absolute atomic E-state index is 12.7. The Labute approximate surface area is 161 Å². The van der Waals surface area contributed by atoms with Gasteiger partial charge in [0.25, 0.3) is 0 Å². The molecular weight excluding hydrogens is 383 g/mol. The van der Waals surface area contributed by atoms with E-state index < -0.39 is 24.1 Å². The molecule has 1 atom stereocenters. The van der Waals surface area contributed by atoms with Crippen LogP contribution in [0.25, 0.3) is 0 Å². The molecule has 1 rings (SSSR count). The van der Waals surface area contributed by atoms with Crippen LogP contribution in [0.5, 0.6) is 17.2 Å². The van der Waals surface area contributed by atoms with Gasteiger partial charge in [0.1, 0.15) is 0 Å². The topological polar surface area (TPSA) is 83.1 Å². The molecule has 0 saturated carbocycles. The Bertz CT molecular complexity index is 672. The number of halogens is 3. The van der Waals surface area contributed by atoms with Crippen molar-refractivity contribution in [1.29, 1.82) is 0 Å². The highest BCUT2D eigenvalue weighted by Gasteiger charge is 2.41. The minimum atomic E-state index is -5.17. The fourth-order valence-electron chi connectivity index (χ4n) is 2.26. The van der Waals surface area contributed by atoms with Gasteiger partial charge in [0.15, 0.2) is 17.5 Å². The molecule has 1 N–H and O–H groups in total. The number of carbonyl (C=O) groups is 2. The molecule has 10 heteroatoms. The summed E-state index contributed by atoms with van der Waals surface area (Å²) in [4.78, 5) is 23.5. The number of carbonyl (C=O) groups excluding carboxylic acids is 2. The average Bonchev–Trinajstić information content (AvgIpc) is 2.56. The number of amides is 1. The predicted octanol–water partition coefficient (Wildman–Crippen LogP) is 3.16. The first-order chi connectivity index (χ1) is 12.9. The summed E-state index contributed by atoms with van der Waals surface area (Å²) in [5, 5.41) is 1.63. The van der Waals surface area contributed by atoms with E-state index in [1.807, 2.05) is 0 Å². The molecule has 0 aromatic heterocycles. The summed E-state index contributed by atoms with van der Waals surface area (Å²) in [6.07, 6.45) is -5.79. The molecule has 28 heavy (non-hydrogen) atoms. The first-order valence-corrected chi connectivity index (χ1v) is 8.41. The molecule has 0 fully saturated rings. The number of esters is 1. The normalized spacial score (nSPS) is 12.5. The van der Waals surface area contributed by atoms with Crippen molar-refractivity contribution in [2.75, 3.05) is 14.2 Å². The van der Waals surface area contributed by atoms with E-state index in [4.69, 9.17) is 14.2 Å². The Morgan fingerprint density at radius 2 is 1.43 bits per heavy atom. The molecule has 0 spiro atoms.